The Hall–Kier alpha value is -3.71. The Bertz CT molecular complexity index is 1360. The summed E-state index contributed by atoms with van der Waals surface area (Å²) in [6, 6.07) is 23.8. The van der Waals surface area contributed by atoms with Gasteiger partial charge < -0.3 is 19.5 Å². The van der Waals surface area contributed by atoms with Crippen LogP contribution in [0.5, 0.6) is 5.75 Å². The molecular formula is C26H23N3O3S. The van der Waals surface area contributed by atoms with Gasteiger partial charge in [0.15, 0.2) is 5.58 Å². The molecule has 0 saturated carbocycles. The largest absolute Gasteiger partial charge is 0.497 e. The molecule has 1 amide bonds. The Morgan fingerprint density at radius 3 is 2.70 bits per heavy atom. The van der Waals surface area contributed by atoms with Crippen LogP contribution in [-0.2, 0) is 4.79 Å². The molecule has 0 aliphatic rings. The van der Waals surface area contributed by atoms with Gasteiger partial charge in [-0.1, -0.05) is 54.2 Å². The second-order valence-electron chi connectivity index (χ2n) is 7.66. The number of hydrogen-bond donors (Lipinski definition) is 2. The highest BCUT2D eigenvalue weighted by Gasteiger charge is 2.19. The summed E-state index contributed by atoms with van der Waals surface area (Å²) in [6.45, 7) is 0.473. The third-order valence-corrected chi connectivity index (χ3v) is 6.45. The molecule has 1 atom stereocenters. The third-order valence-electron chi connectivity index (χ3n) is 5.62. The van der Waals surface area contributed by atoms with E-state index in [-0.39, 0.29) is 17.6 Å². The smallest absolute Gasteiger partial charge is 0.257 e. The van der Waals surface area contributed by atoms with Crippen LogP contribution in [0.3, 0.4) is 0 Å². The summed E-state index contributed by atoms with van der Waals surface area (Å²) < 4.78 is 11.0. The lowest BCUT2D eigenvalue weighted by atomic mass is 9.91. The fraction of sp³-hybridized carbons (Fsp3) is 0.154. The number of thioether (sulfide) groups is 1. The van der Waals surface area contributed by atoms with E-state index >= 15 is 0 Å². The number of carbonyl (C=O) groups excluding carboxylic acids is 1. The monoisotopic (exact) mass is 457 g/mol. The van der Waals surface area contributed by atoms with Crippen molar-refractivity contribution >= 4 is 39.7 Å². The van der Waals surface area contributed by atoms with Crippen LogP contribution in [0.2, 0.25) is 0 Å². The second kappa shape index (κ2) is 9.42. The molecule has 1 unspecified atom stereocenters. The van der Waals surface area contributed by atoms with Gasteiger partial charge in [-0.2, -0.15) is 0 Å². The van der Waals surface area contributed by atoms with Crippen LogP contribution in [0.1, 0.15) is 17.0 Å². The van der Waals surface area contributed by atoms with Crippen LogP contribution in [-0.4, -0.2) is 35.3 Å². The molecule has 3 aromatic carbocycles. The van der Waals surface area contributed by atoms with Gasteiger partial charge in [-0.3, -0.25) is 4.79 Å². The number of methoxy groups -OCH3 is 1. The summed E-state index contributed by atoms with van der Waals surface area (Å²) in [6.07, 6.45) is 2.03. The Balaban J connectivity index is 1.31. The van der Waals surface area contributed by atoms with Crippen molar-refractivity contribution in [2.75, 3.05) is 19.4 Å². The number of H-pyrrole nitrogens is 1. The minimum Gasteiger partial charge on any atom is -0.497 e. The highest BCUT2D eigenvalue weighted by Crippen LogP contribution is 2.31. The van der Waals surface area contributed by atoms with Gasteiger partial charge in [-0.25, -0.2) is 4.98 Å². The fourth-order valence-electron chi connectivity index (χ4n) is 3.93. The number of oxazole rings is 1. The number of carbonyl (C=O) groups is 1. The first-order valence-electron chi connectivity index (χ1n) is 10.7. The number of ether oxygens (including phenoxy) is 1. The average Bonchev–Trinajstić information content (AvgIpc) is 3.47. The minimum absolute atomic E-state index is 0.00895. The molecule has 5 aromatic rings. The van der Waals surface area contributed by atoms with E-state index < -0.39 is 0 Å². The van der Waals surface area contributed by atoms with Crippen molar-refractivity contribution in [1.82, 2.24) is 15.3 Å². The normalized spacial score (nSPS) is 12.2. The lowest BCUT2D eigenvalue weighted by Gasteiger charge is -2.18. The number of nitrogens with zero attached hydrogens (tertiary/aromatic N) is 1. The van der Waals surface area contributed by atoms with Gasteiger partial charge in [-0.15, -0.1) is 0 Å². The van der Waals surface area contributed by atoms with E-state index in [1.165, 1.54) is 11.8 Å². The van der Waals surface area contributed by atoms with Crippen molar-refractivity contribution in [3.8, 4) is 5.75 Å². The SMILES string of the molecule is COc1ccc(C(CNC(=O)CSc2nc3ccccc3o2)c2c[nH]c3ccccc23)cc1. The molecule has 2 N–H and O–H groups in total. The zero-order valence-corrected chi connectivity index (χ0v) is 18.9. The molecule has 0 aliphatic carbocycles. The molecule has 0 fully saturated rings. The number of aromatic amines is 1. The van der Waals surface area contributed by atoms with Crippen LogP contribution in [0.15, 0.2) is 88.6 Å². The number of amides is 1. The molecule has 0 bridgehead atoms. The molecule has 5 rings (SSSR count). The lowest BCUT2D eigenvalue weighted by Crippen LogP contribution is -2.30. The van der Waals surface area contributed by atoms with E-state index in [4.69, 9.17) is 9.15 Å². The summed E-state index contributed by atoms with van der Waals surface area (Å²) in [5.41, 5.74) is 4.83. The maximum absolute atomic E-state index is 12.7. The molecule has 0 spiro atoms. The molecule has 0 saturated heterocycles. The van der Waals surface area contributed by atoms with E-state index in [2.05, 4.69) is 27.4 Å². The summed E-state index contributed by atoms with van der Waals surface area (Å²) in [7, 11) is 1.65. The molecular weight excluding hydrogens is 434 g/mol. The van der Waals surface area contributed by atoms with Crippen LogP contribution in [0, 0.1) is 0 Å². The van der Waals surface area contributed by atoms with Crippen molar-refractivity contribution in [2.45, 2.75) is 11.1 Å². The Labute approximate surface area is 195 Å². The summed E-state index contributed by atoms with van der Waals surface area (Å²) in [5.74, 6) is 0.955. The van der Waals surface area contributed by atoms with Crippen molar-refractivity contribution < 1.29 is 13.9 Å². The third kappa shape index (κ3) is 4.59. The first-order chi connectivity index (χ1) is 16.2. The number of rotatable bonds is 8. The van der Waals surface area contributed by atoms with Crippen LogP contribution >= 0.6 is 11.8 Å². The van der Waals surface area contributed by atoms with Gasteiger partial charge in [-0.05, 0) is 41.5 Å². The Morgan fingerprint density at radius 1 is 1.09 bits per heavy atom. The highest BCUT2D eigenvalue weighted by atomic mass is 32.2. The van der Waals surface area contributed by atoms with Crippen LogP contribution in [0.4, 0.5) is 0 Å². The number of fused-ring (bicyclic) bond motifs is 2. The van der Waals surface area contributed by atoms with Gasteiger partial charge >= 0.3 is 0 Å². The summed E-state index contributed by atoms with van der Waals surface area (Å²) in [4.78, 5) is 20.4. The van der Waals surface area contributed by atoms with Crippen molar-refractivity contribution in [1.29, 1.82) is 0 Å². The Morgan fingerprint density at radius 2 is 1.88 bits per heavy atom. The van der Waals surface area contributed by atoms with Gasteiger partial charge in [0.25, 0.3) is 5.22 Å². The summed E-state index contributed by atoms with van der Waals surface area (Å²) >= 11 is 1.29. The van der Waals surface area contributed by atoms with Crippen LogP contribution in [0.25, 0.3) is 22.0 Å². The number of hydrogen-bond acceptors (Lipinski definition) is 5. The van der Waals surface area contributed by atoms with Crippen molar-refractivity contribution in [3.05, 3.63) is 90.1 Å². The molecule has 2 heterocycles. The van der Waals surface area contributed by atoms with E-state index in [9.17, 15) is 4.79 Å². The van der Waals surface area contributed by atoms with Crippen LogP contribution < -0.4 is 10.1 Å². The lowest BCUT2D eigenvalue weighted by molar-refractivity contribution is -0.118. The minimum atomic E-state index is -0.0689. The number of benzene rings is 3. The number of nitrogens with one attached hydrogen (secondary N) is 2. The molecule has 7 heteroatoms. The van der Waals surface area contributed by atoms with Gasteiger partial charge in [0.05, 0.1) is 12.9 Å². The zero-order valence-electron chi connectivity index (χ0n) is 18.1. The zero-order chi connectivity index (χ0) is 22.6. The predicted octanol–water partition coefficient (Wildman–Crippen LogP) is 5.36. The highest BCUT2D eigenvalue weighted by molar-refractivity contribution is 7.99. The topological polar surface area (TPSA) is 80.2 Å². The van der Waals surface area contributed by atoms with Crippen molar-refractivity contribution in [2.24, 2.45) is 0 Å². The van der Waals surface area contributed by atoms with E-state index in [0.717, 1.165) is 38.9 Å². The number of para-hydroxylation sites is 3. The molecule has 6 nitrogen and oxygen atoms in total. The average molecular weight is 458 g/mol. The maximum Gasteiger partial charge on any atom is 0.257 e. The standard InChI is InChI=1S/C26H23N3O3S/c1-31-18-12-10-17(11-13-18)20(21-15-27-22-7-3-2-6-19(21)22)14-28-25(30)16-33-26-29-23-8-4-5-9-24(23)32-26/h2-13,15,20,27H,14,16H2,1H3,(H,28,30). The number of aromatic nitrogens is 2. The predicted molar refractivity (Wildman–Crippen MR) is 131 cm³/mol. The quantitative estimate of drug-likeness (QED) is 0.307. The molecule has 0 aliphatic heterocycles. The van der Waals surface area contributed by atoms with Gasteiger partial charge in [0, 0.05) is 29.6 Å². The van der Waals surface area contributed by atoms with E-state index in [1.54, 1.807) is 7.11 Å². The molecule has 33 heavy (non-hydrogen) atoms. The molecule has 2 aromatic heterocycles. The van der Waals surface area contributed by atoms with E-state index in [1.807, 2.05) is 66.9 Å². The van der Waals surface area contributed by atoms with Gasteiger partial charge in [0.2, 0.25) is 5.91 Å². The molecule has 166 valence electrons. The maximum atomic E-state index is 12.7. The second-order valence-corrected chi connectivity index (χ2v) is 8.58. The van der Waals surface area contributed by atoms with Crippen molar-refractivity contribution in [3.63, 3.8) is 0 Å². The Kier molecular flexibility index (Phi) is 6.04. The van der Waals surface area contributed by atoms with Gasteiger partial charge in [0.1, 0.15) is 11.3 Å². The fourth-order valence-corrected chi connectivity index (χ4v) is 4.60. The first kappa shape index (κ1) is 21.2. The first-order valence-corrected chi connectivity index (χ1v) is 11.6. The van der Waals surface area contributed by atoms with E-state index in [0.29, 0.717) is 11.8 Å². The summed E-state index contributed by atoms with van der Waals surface area (Å²) in [5, 5.41) is 4.73. The molecule has 0 radical (unpaired) electrons.